The van der Waals surface area contributed by atoms with Crippen LogP contribution in [0.5, 0.6) is 0 Å². The summed E-state index contributed by atoms with van der Waals surface area (Å²) in [4.78, 5) is 16.5. The van der Waals surface area contributed by atoms with Gasteiger partial charge in [-0.15, -0.1) is 0 Å². The number of anilines is 1. The van der Waals surface area contributed by atoms with E-state index < -0.39 is 0 Å². The van der Waals surface area contributed by atoms with E-state index in [1.165, 1.54) is 0 Å². The fourth-order valence-electron chi connectivity index (χ4n) is 2.53. The van der Waals surface area contributed by atoms with Crippen LogP contribution < -0.4 is 5.32 Å². The summed E-state index contributed by atoms with van der Waals surface area (Å²) in [6, 6.07) is 17.2. The number of carbonyl (C=O) groups excluding carboxylic acids is 1. The molecular formula is C20H16BrClN2O. The topological polar surface area (TPSA) is 42.0 Å². The van der Waals surface area contributed by atoms with E-state index in [4.69, 9.17) is 11.6 Å². The molecule has 0 spiro atoms. The second kappa shape index (κ2) is 7.81. The summed E-state index contributed by atoms with van der Waals surface area (Å²) in [6.45, 7) is 1.96. The number of nitrogens with one attached hydrogen (secondary N) is 1. The maximum atomic E-state index is 12.3. The van der Waals surface area contributed by atoms with Crippen molar-refractivity contribution < 1.29 is 4.79 Å². The monoisotopic (exact) mass is 414 g/mol. The molecule has 3 rings (SSSR count). The Labute approximate surface area is 160 Å². The third-order valence-corrected chi connectivity index (χ3v) is 4.77. The molecule has 1 amide bonds. The standard InChI is InChI=1S/C20H16BrClN2O/c1-13-10-15(8-9-23-13)14-2-5-18(6-3-14)24-20(25)12-16-11-17(22)4-7-19(16)21/h2-11H,12H2,1H3,(H,24,25). The third-order valence-electron chi connectivity index (χ3n) is 3.76. The summed E-state index contributed by atoms with van der Waals surface area (Å²) in [5, 5.41) is 3.53. The number of hydrogen-bond donors (Lipinski definition) is 1. The van der Waals surface area contributed by atoms with Gasteiger partial charge in [0.15, 0.2) is 0 Å². The highest BCUT2D eigenvalue weighted by atomic mass is 79.9. The zero-order valence-corrected chi connectivity index (χ0v) is 15.9. The predicted molar refractivity (Wildman–Crippen MR) is 106 cm³/mol. The van der Waals surface area contributed by atoms with E-state index in [0.717, 1.165) is 32.5 Å². The van der Waals surface area contributed by atoms with Gasteiger partial charge < -0.3 is 5.32 Å². The molecule has 0 unspecified atom stereocenters. The van der Waals surface area contributed by atoms with Crippen molar-refractivity contribution >= 4 is 39.1 Å². The van der Waals surface area contributed by atoms with E-state index in [0.29, 0.717) is 5.02 Å². The van der Waals surface area contributed by atoms with Gasteiger partial charge in [0.2, 0.25) is 5.91 Å². The van der Waals surface area contributed by atoms with Gasteiger partial charge in [0.25, 0.3) is 0 Å². The molecule has 0 aliphatic carbocycles. The van der Waals surface area contributed by atoms with Crippen LogP contribution in [0.15, 0.2) is 65.3 Å². The highest BCUT2D eigenvalue weighted by molar-refractivity contribution is 9.10. The number of aryl methyl sites for hydroxylation is 1. The van der Waals surface area contributed by atoms with Crippen LogP contribution in [-0.2, 0) is 11.2 Å². The molecule has 0 radical (unpaired) electrons. The van der Waals surface area contributed by atoms with Crippen molar-refractivity contribution in [1.82, 2.24) is 4.98 Å². The first-order valence-corrected chi connectivity index (χ1v) is 8.95. The molecule has 0 fully saturated rings. The lowest BCUT2D eigenvalue weighted by molar-refractivity contribution is -0.115. The number of halogens is 2. The number of aromatic nitrogens is 1. The number of pyridine rings is 1. The number of hydrogen-bond acceptors (Lipinski definition) is 2. The lowest BCUT2D eigenvalue weighted by Gasteiger charge is -2.08. The molecule has 3 nitrogen and oxygen atoms in total. The Morgan fingerprint density at radius 2 is 1.84 bits per heavy atom. The van der Waals surface area contributed by atoms with Gasteiger partial charge in [-0.05, 0) is 66.1 Å². The van der Waals surface area contributed by atoms with Crippen molar-refractivity contribution in [3.8, 4) is 11.1 Å². The fourth-order valence-corrected chi connectivity index (χ4v) is 3.11. The van der Waals surface area contributed by atoms with Crippen LogP contribution in [0.2, 0.25) is 5.02 Å². The Morgan fingerprint density at radius 1 is 1.08 bits per heavy atom. The van der Waals surface area contributed by atoms with Crippen molar-refractivity contribution in [1.29, 1.82) is 0 Å². The van der Waals surface area contributed by atoms with Crippen molar-refractivity contribution in [2.24, 2.45) is 0 Å². The fraction of sp³-hybridized carbons (Fsp3) is 0.100. The minimum atomic E-state index is -0.0875. The minimum absolute atomic E-state index is 0.0875. The summed E-state index contributed by atoms with van der Waals surface area (Å²) in [6.07, 6.45) is 2.05. The van der Waals surface area contributed by atoms with Crippen molar-refractivity contribution in [2.45, 2.75) is 13.3 Å². The van der Waals surface area contributed by atoms with E-state index in [2.05, 4.69) is 26.2 Å². The van der Waals surface area contributed by atoms with Gasteiger partial charge in [0, 0.05) is 27.1 Å². The zero-order chi connectivity index (χ0) is 17.8. The highest BCUT2D eigenvalue weighted by Gasteiger charge is 2.08. The van der Waals surface area contributed by atoms with Crippen molar-refractivity contribution in [3.05, 3.63) is 81.5 Å². The van der Waals surface area contributed by atoms with Crippen LogP contribution in [0, 0.1) is 6.92 Å². The van der Waals surface area contributed by atoms with Crippen LogP contribution in [-0.4, -0.2) is 10.9 Å². The molecular weight excluding hydrogens is 400 g/mol. The van der Waals surface area contributed by atoms with Crippen LogP contribution in [0.4, 0.5) is 5.69 Å². The number of rotatable bonds is 4. The predicted octanol–water partition coefficient (Wildman–Crippen LogP) is 5.65. The Balaban J connectivity index is 1.69. The van der Waals surface area contributed by atoms with Gasteiger partial charge >= 0.3 is 0 Å². The number of benzene rings is 2. The van der Waals surface area contributed by atoms with E-state index in [9.17, 15) is 4.79 Å². The van der Waals surface area contributed by atoms with E-state index in [-0.39, 0.29) is 12.3 Å². The largest absolute Gasteiger partial charge is 0.326 e. The Kier molecular flexibility index (Phi) is 5.51. The van der Waals surface area contributed by atoms with E-state index in [1.54, 1.807) is 18.3 Å². The van der Waals surface area contributed by atoms with Gasteiger partial charge in [0.1, 0.15) is 0 Å². The first-order chi connectivity index (χ1) is 12.0. The molecule has 25 heavy (non-hydrogen) atoms. The Bertz CT molecular complexity index is 910. The molecule has 0 saturated heterocycles. The van der Waals surface area contributed by atoms with E-state index >= 15 is 0 Å². The zero-order valence-electron chi connectivity index (χ0n) is 13.6. The quantitative estimate of drug-likeness (QED) is 0.598. The van der Waals surface area contributed by atoms with Crippen LogP contribution in [0.1, 0.15) is 11.3 Å². The summed E-state index contributed by atoms with van der Waals surface area (Å²) < 4.78 is 0.871. The van der Waals surface area contributed by atoms with Crippen LogP contribution in [0.25, 0.3) is 11.1 Å². The molecule has 126 valence electrons. The lowest BCUT2D eigenvalue weighted by atomic mass is 10.1. The minimum Gasteiger partial charge on any atom is -0.326 e. The van der Waals surface area contributed by atoms with Gasteiger partial charge in [-0.1, -0.05) is 39.7 Å². The number of amides is 1. The molecule has 5 heteroatoms. The lowest BCUT2D eigenvalue weighted by Crippen LogP contribution is -2.14. The normalized spacial score (nSPS) is 10.5. The summed E-state index contributed by atoms with van der Waals surface area (Å²) >= 11 is 9.43. The molecule has 0 aliphatic heterocycles. The second-order valence-electron chi connectivity index (χ2n) is 5.72. The van der Waals surface area contributed by atoms with Crippen LogP contribution >= 0.6 is 27.5 Å². The molecule has 1 aromatic heterocycles. The average molecular weight is 416 g/mol. The maximum Gasteiger partial charge on any atom is 0.228 e. The third kappa shape index (κ3) is 4.68. The molecule has 2 aromatic carbocycles. The first kappa shape index (κ1) is 17.6. The van der Waals surface area contributed by atoms with Gasteiger partial charge in [-0.25, -0.2) is 0 Å². The summed E-state index contributed by atoms with van der Waals surface area (Å²) in [5.41, 5.74) is 4.78. The van der Waals surface area contributed by atoms with E-state index in [1.807, 2.05) is 49.4 Å². The molecule has 0 saturated carbocycles. The number of carbonyl (C=O) groups is 1. The molecule has 0 aliphatic rings. The van der Waals surface area contributed by atoms with Gasteiger partial charge in [0.05, 0.1) is 6.42 Å². The maximum absolute atomic E-state index is 12.3. The molecule has 3 aromatic rings. The Morgan fingerprint density at radius 3 is 2.56 bits per heavy atom. The van der Waals surface area contributed by atoms with Crippen LogP contribution in [0.3, 0.4) is 0 Å². The Hall–Kier alpha value is -2.17. The molecule has 0 atom stereocenters. The molecule has 1 N–H and O–H groups in total. The van der Waals surface area contributed by atoms with Gasteiger partial charge in [-0.2, -0.15) is 0 Å². The SMILES string of the molecule is Cc1cc(-c2ccc(NC(=O)Cc3cc(Cl)ccc3Br)cc2)ccn1. The first-order valence-electron chi connectivity index (χ1n) is 7.78. The summed E-state index contributed by atoms with van der Waals surface area (Å²) in [5.74, 6) is -0.0875. The van der Waals surface area contributed by atoms with Crippen molar-refractivity contribution in [3.63, 3.8) is 0 Å². The molecule has 0 bridgehead atoms. The molecule has 1 heterocycles. The number of nitrogens with zero attached hydrogens (tertiary/aromatic N) is 1. The second-order valence-corrected chi connectivity index (χ2v) is 7.01. The van der Waals surface area contributed by atoms with Gasteiger partial charge in [-0.3, -0.25) is 9.78 Å². The highest BCUT2D eigenvalue weighted by Crippen LogP contribution is 2.23. The average Bonchev–Trinajstić information content (AvgIpc) is 2.59. The summed E-state index contributed by atoms with van der Waals surface area (Å²) in [7, 11) is 0. The smallest absolute Gasteiger partial charge is 0.228 e. The van der Waals surface area contributed by atoms with Crippen molar-refractivity contribution in [2.75, 3.05) is 5.32 Å².